The van der Waals surface area contributed by atoms with Crippen LogP contribution in [0.1, 0.15) is 6.92 Å². The normalized spacial score (nSPS) is 10.4. The van der Waals surface area contributed by atoms with Crippen molar-refractivity contribution in [1.29, 1.82) is 0 Å². The number of carbonyl (C=O) groups is 2. The number of benzene rings is 2. The molecule has 0 aliphatic heterocycles. The molecule has 9 nitrogen and oxygen atoms in total. The highest BCUT2D eigenvalue weighted by Gasteiger charge is 2.13. The Kier molecular flexibility index (Phi) is 6.91. The Bertz CT molecular complexity index is 1040. The minimum atomic E-state index is -0.260. The zero-order chi connectivity index (χ0) is 21.5. The molecular formula is C20H21N5O4S. The van der Waals surface area contributed by atoms with E-state index in [0.29, 0.717) is 22.3 Å². The highest BCUT2D eigenvalue weighted by atomic mass is 32.2. The summed E-state index contributed by atoms with van der Waals surface area (Å²) < 4.78 is 12.1. The van der Waals surface area contributed by atoms with E-state index in [-0.39, 0.29) is 17.6 Å². The number of carbonyl (C=O) groups excluding carboxylic acids is 2. The molecule has 10 heteroatoms. The molecule has 0 saturated carbocycles. The molecule has 0 bridgehead atoms. The van der Waals surface area contributed by atoms with E-state index in [1.54, 1.807) is 36.2 Å². The lowest BCUT2D eigenvalue weighted by molar-refractivity contribution is -0.115. The molecule has 0 atom stereocenters. The van der Waals surface area contributed by atoms with E-state index in [1.165, 1.54) is 25.8 Å². The highest BCUT2D eigenvalue weighted by molar-refractivity contribution is 7.99. The van der Waals surface area contributed by atoms with Crippen molar-refractivity contribution < 1.29 is 19.1 Å². The van der Waals surface area contributed by atoms with Gasteiger partial charge < -0.3 is 20.1 Å². The number of nitrogens with zero attached hydrogens (tertiary/aromatic N) is 3. The van der Waals surface area contributed by atoms with Crippen molar-refractivity contribution in [1.82, 2.24) is 14.8 Å². The lowest BCUT2D eigenvalue weighted by atomic mass is 10.2. The summed E-state index contributed by atoms with van der Waals surface area (Å²) in [6.45, 7) is 1.40. The number of rotatable bonds is 8. The van der Waals surface area contributed by atoms with Crippen LogP contribution in [0.2, 0.25) is 0 Å². The smallest absolute Gasteiger partial charge is 0.234 e. The third-order valence-electron chi connectivity index (χ3n) is 4.01. The molecule has 30 heavy (non-hydrogen) atoms. The molecule has 2 aromatic carbocycles. The molecule has 0 aliphatic carbocycles. The summed E-state index contributed by atoms with van der Waals surface area (Å²) in [5, 5.41) is 14.1. The van der Waals surface area contributed by atoms with Crippen molar-refractivity contribution in [3.05, 3.63) is 48.8 Å². The summed E-state index contributed by atoms with van der Waals surface area (Å²) in [7, 11) is 3.13. The monoisotopic (exact) mass is 427 g/mol. The molecule has 0 unspecified atom stereocenters. The van der Waals surface area contributed by atoms with Gasteiger partial charge in [0.15, 0.2) is 5.16 Å². The van der Waals surface area contributed by atoms with Crippen LogP contribution in [0.4, 0.5) is 11.4 Å². The summed E-state index contributed by atoms with van der Waals surface area (Å²) in [6, 6.07) is 12.4. The number of ether oxygens (including phenoxy) is 2. The third kappa shape index (κ3) is 5.29. The van der Waals surface area contributed by atoms with Gasteiger partial charge in [-0.25, -0.2) is 0 Å². The van der Waals surface area contributed by atoms with Crippen LogP contribution in [-0.4, -0.2) is 46.6 Å². The molecule has 0 radical (unpaired) electrons. The summed E-state index contributed by atoms with van der Waals surface area (Å²) in [6.07, 6.45) is 1.58. The summed E-state index contributed by atoms with van der Waals surface area (Å²) in [5.74, 6) is 0.910. The van der Waals surface area contributed by atoms with Crippen molar-refractivity contribution in [3.8, 4) is 17.2 Å². The van der Waals surface area contributed by atoms with Crippen LogP contribution in [0.15, 0.2) is 53.9 Å². The number of aromatic nitrogens is 3. The maximum Gasteiger partial charge on any atom is 0.234 e. The van der Waals surface area contributed by atoms with Crippen LogP contribution in [0.25, 0.3) is 5.69 Å². The van der Waals surface area contributed by atoms with Gasteiger partial charge in [0.2, 0.25) is 11.8 Å². The Hall–Kier alpha value is -3.53. The lowest BCUT2D eigenvalue weighted by Gasteiger charge is -2.13. The average molecular weight is 427 g/mol. The van der Waals surface area contributed by atoms with Gasteiger partial charge in [0.1, 0.15) is 17.8 Å². The first-order valence-electron chi connectivity index (χ1n) is 8.93. The molecule has 0 spiro atoms. The van der Waals surface area contributed by atoms with Crippen LogP contribution in [0, 0.1) is 0 Å². The molecule has 3 aromatic rings. The Balaban J connectivity index is 1.68. The van der Waals surface area contributed by atoms with E-state index in [9.17, 15) is 9.59 Å². The van der Waals surface area contributed by atoms with Crippen molar-refractivity contribution in [2.75, 3.05) is 30.6 Å². The molecule has 2 N–H and O–H groups in total. The van der Waals surface area contributed by atoms with Gasteiger partial charge in [-0.1, -0.05) is 11.8 Å². The van der Waals surface area contributed by atoms with Crippen LogP contribution in [0.5, 0.6) is 11.5 Å². The van der Waals surface area contributed by atoms with Gasteiger partial charge >= 0.3 is 0 Å². The first kappa shape index (κ1) is 21.2. The van der Waals surface area contributed by atoms with Gasteiger partial charge in [-0.3, -0.25) is 14.2 Å². The fraction of sp³-hybridized carbons (Fsp3) is 0.200. The van der Waals surface area contributed by atoms with Crippen LogP contribution in [-0.2, 0) is 9.59 Å². The molecule has 0 fully saturated rings. The molecule has 3 rings (SSSR count). The predicted octanol–water partition coefficient (Wildman–Crippen LogP) is 2.97. The summed E-state index contributed by atoms with van der Waals surface area (Å²) >= 11 is 1.24. The Morgan fingerprint density at radius 2 is 1.70 bits per heavy atom. The topological polar surface area (TPSA) is 107 Å². The SMILES string of the molecule is COc1ccc(-n2cnnc2SCC(=O)Nc2cc(OC)ccc2NC(C)=O)cc1. The second-order valence-electron chi connectivity index (χ2n) is 6.11. The second kappa shape index (κ2) is 9.79. The van der Waals surface area contributed by atoms with Crippen LogP contribution >= 0.6 is 11.8 Å². The largest absolute Gasteiger partial charge is 0.497 e. The quantitative estimate of drug-likeness (QED) is 0.532. The van der Waals surface area contributed by atoms with Crippen molar-refractivity contribution in [2.24, 2.45) is 0 Å². The van der Waals surface area contributed by atoms with Crippen LogP contribution < -0.4 is 20.1 Å². The predicted molar refractivity (Wildman–Crippen MR) is 115 cm³/mol. The van der Waals surface area contributed by atoms with E-state index in [1.807, 2.05) is 24.3 Å². The fourth-order valence-electron chi connectivity index (χ4n) is 2.61. The number of amides is 2. The number of nitrogens with one attached hydrogen (secondary N) is 2. The van der Waals surface area contributed by atoms with E-state index in [0.717, 1.165) is 11.4 Å². The zero-order valence-corrected chi connectivity index (χ0v) is 17.5. The van der Waals surface area contributed by atoms with Crippen LogP contribution in [0.3, 0.4) is 0 Å². The average Bonchev–Trinajstić information content (AvgIpc) is 3.22. The second-order valence-corrected chi connectivity index (χ2v) is 7.05. The number of methoxy groups -OCH3 is 2. The molecule has 0 aliphatic rings. The minimum Gasteiger partial charge on any atom is -0.497 e. The highest BCUT2D eigenvalue weighted by Crippen LogP contribution is 2.28. The zero-order valence-electron chi connectivity index (χ0n) is 16.7. The number of hydrogen-bond donors (Lipinski definition) is 2. The van der Waals surface area contributed by atoms with Gasteiger partial charge in [-0.15, -0.1) is 10.2 Å². The maximum atomic E-state index is 12.5. The molecular weight excluding hydrogens is 406 g/mol. The molecule has 1 aromatic heterocycles. The van der Waals surface area contributed by atoms with E-state index in [4.69, 9.17) is 9.47 Å². The lowest BCUT2D eigenvalue weighted by Crippen LogP contribution is -2.17. The van der Waals surface area contributed by atoms with Crippen molar-refractivity contribution >= 4 is 35.0 Å². The first-order valence-corrected chi connectivity index (χ1v) is 9.91. The molecule has 0 saturated heterocycles. The van der Waals surface area contributed by atoms with Gasteiger partial charge in [0, 0.05) is 18.7 Å². The molecule has 156 valence electrons. The van der Waals surface area contributed by atoms with Gasteiger partial charge in [-0.2, -0.15) is 0 Å². The third-order valence-corrected chi connectivity index (χ3v) is 4.95. The number of thioether (sulfide) groups is 1. The number of anilines is 2. The fourth-order valence-corrected chi connectivity index (χ4v) is 3.34. The summed E-state index contributed by atoms with van der Waals surface area (Å²) in [4.78, 5) is 23.9. The van der Waals surface area contributed by atoms with E-state index >= 15 is 0 Å². The summed E-state index contributed by atoms with van der Waals surface area (Å²) in [5.41, 5.74) is 1.79. The van der Waals surface area contributed by atoms with Crippen molar-refractivity contribution in [3.63, 3.8) is 0 Å². The van der Waals surface area contributed by atoms with E-state index in [2.05, 4.69) is 20.8 Å². The maximum absolute atomic E-state index is 12.5. The Morgan fingerprint density at radius 3 is 2.37 bits per heavy atom. The Labute approximate surface area is 177 Å². The van der Waals surface area contributed by atoms with Gasteiger partial charge in [0.25, 0.3) is 0 Å². The van der Waals surface area contributed by atoms with Gasteiger partial charge in [-0.05, 0) is 36.4 Å². The molecule has 1 heterocycles. The minimum absolute atomic E-state index is 0.103. The Morgan fingerprint density at radius 1 is 1.00 bits per heavy atom. The molecule has 2 amide bonds. The first-order chi connectivity index (χ1) is 14.5. The van der Waals surface area contributed by atoms with Crippen molar-refractivity contribution in [2.45, 2.75) is 12.1 Å². The van der Waals surface area contributed by atoms with E-state index < -0.39 is 0 Å². The number of hydrogen-bond acceptors (Lipinski definition) is 7. The standard InChI is InChI=1S/C20H21N5O4S/c1-13(26)22-17-9-8-16(29-3)10-18(17)23-19(27)11-30-20-24-21-12-25(20)14-4-6-15(28-2)7-5-14/h4-10,12H,11H2,1-3H3,(H,22,26)(H,23,27). The van der Waals surface area contributed by atoms with Gasteiger partial charge in [0.05, 0.1) is 31.3 Å².